The van der Waals surface area contributed by atoms with E-state index in [2.05, 4.69) is 129 Å². The molecule has 0 saturated carbocycles. The zero-order valence-corrected chi connectivity index (χ0v) is 31.1. The van der Waals surface area contributed by atoms with Gasteiger partial charge in [0.15, 0.2) is 5.82 Å². The van der Waals surface area contributed by atoms with Gasteiger partial charge < -0.3 is 9.13 Å². The second-order valence-electron chi connectivity index (χ2n) is 14.4. The van der Waals surface area contributed by atoms with Crippen molar-refractivity contribution in [1.82, 2.24) is 23.3 Å². The van der Waals surface area contributed by atoms with Gasteiger partial charge in [-0.2, -0.15) is 4.98 Å². The molecule has 11 aromatic rings. The van der Waals surface area contributed by atoms with Crippen LogP contribution in [0.5, 0.6) is 0 Å². The Morgan fingerprint density at radius 1 is 0.310 bits per heavy atom. The van der Waals surface area contributed by atoms with Crippen LogP contribution in [0.1, 0.15) is 0 Å². The fourth-order valence-electron chi connectivity index (χ4n) is 8.49. The first-order valence-electron chi connectivity index (χ1n) is 19.2. The second-order valence-corrected chi connectivity index (χ2v) is 14.4. The van der Waals surface area contributed by atoms with Crippen molar-refractivity contribution in [2.45, 2.75) is 0 Å². The predicted octanol–water partition coefficient (Wildman–Crippen LogP) is 10.9. The lowest BCUT2D eigenvalue weighted by Gasteiger charge is -2.16. The van der Waals surface area contributed by atoms with Crippen molar-refractivity contribution >= 4 is 43.6 Å². The Balaban J connectivity index is 1.07. The third-order valence-electron chi connectivity index (χ3n) is 11.1. The molecule has 7 nitrogen and oxygen atoms in total. The molecule has 0 bridgehead atoms. The normalized spacial score (nSPS) is 11.6. The number of hydrogen-bond acceptors (Lipinski definition) is 3. The zero-order chi connectivity index (χ0) is 38.7. The number of nitrogens with zero attached hydrogens (tertiary/aromatic N) is 5. The molecule has 0 amide bonds. The topological polar surface area (TPSA) is 66.8 Å². The molecule has 0 N–H and O–H groups in total. The van der Waals surface area contributed by atoms with E-state index in [0.29, 0.717) is 16.9 Å². The van der Waals surface area contributed by atoms with Crippen LogP contribution in [-0.4, -0.2) is 23.3 Å². The van der Waals surface area contributed by atoms with Gasteiger partial charge in [0, 0.05) is 38.5 Å². The molecule has 0 spiro atoms. The molecular formula is C51H33N5O2. The van der Waals surface area contributed by atoms with E-state index in [-0.39, 0.29) is 5.82 Å². The molecule has 0 aliphatic carbocycles. The first-order chi connectivity index (χ1) is 28.6. The van der Waals surface area contributed by atoms with Crippen LogP contribution in [0.25, 0.3) is 88.9 Å². The summed E-state index contributed by atoms with van der Waals surface area (Å²) >= 11 is 0. The summed E-state index contributed by atoms with van der Waals surface area (Å²) in [5.74, 6) is 0.266. The summed E-state index contributed by atoms with van der Waals surface area (Å²) in [7, 11) is 0. The SMILES string of the molecule is O=c1nc(-c2cccc(-n3c4ccccc4c4cc(-c5ccc6c(c5)c5ccccc5n6-c5ccccc5)ccc43)c2)n(-c2ccccc2)c(=O)n1-c1ccccc1. The maximum atomic E-state index is 14.3. The Morgan fingerprint density at radius 2 is 0.741 bits per heavy atom. The van der Waals surface area contributed by atoms with Gasteiger partial charge in [0.25, 0.3) is 0 Å². The van der Waals surface area contributed by atoms with Crippen LogP contribution >= 0.6 is 0 Å². The molecule has 0 saturated heterocycles. The van der Waals surface area contributed by atoms with Crippen molar-refractivity contribution in [1.29, 1.82) is 0 Å². The molecule has 58 heavy (non-hydrogen) atoms. The molecule has 3 heterocycles. The van der Waals surface area contributed by atoms with Crippen LogP contribution in [0, 0.1) is 0 Å². The van der Waals surface area contributed by atoms with Crippen molar-refractivity contribution < 1.29 is 0 Å². The molecule has 274 valence electrons. The summed E-state index contributed by atoms with van der Waals surface area (Å²) in [6.45, 7) is 0. The molecule has 7 heteroatoms. The molecule has 0 unspecified atom stereocenters. The third-order valence-corrected chi connectivity index (χ3v) is 11.1. The van der Waals surface area contributed by atoms with Crippen LogP contribution in [-0.2, 0) is 0 Å². The maximum Gasteiger partial charge on any atom is 0.358 e. The van der Waals surface area contributed by atoms with E-state index in [1.54, 1.807) is 24.3 Å². The van der Waals surface area contributed by atoms with Gasteiger partial charge in [0.1, 0.15) is 0 Å². The lowest BCUT2D eigenvalue weighted by atomic mass is 10.0. The van der Waals surface area contributed by atoms with Gasteiger partial charge in [0.2, 0.25) is 0 Å². The number of fused-ring (bicyclic) bond motifs is 6. The van der Waals surface area contributed by atoms with Crippen molar-refractivity contribution in [3.63, 3.8) is 0 Å². The van der Waals surface area contributed by atoms with Gasteiger partial charge in [-0.1, -0.05) is 115 Å². The van der Waals surface area contributed by atoms with Crippen molar-refractivity contribution in [2.75, 3.05) is 0 Å². The molecule has 0 atom stereocenters. The van der Waals surface area contributed by atoms with Crippen molar-refractivity contribution in [2.24, 2.45) is 0 Å². The van der Waals surface area contributed by atoms with Crippen LogP contribution in [0.15, 0.2) is 210 Å². The van der Waals surface area contributed by atoms with E-state index in [1.165, 1.54) is 26.4 Å². The Bertz CT molecular complexity index is 3490. The van der Waals surface area contributed by atoms with Gasteiger partial charge in [-0.05, 0) is 96.1 Å². The third kappa shape index (κ3) is 5.25. The molecule has 0 aliphatic rings. The van der Waals surface area contributed by atoms with Gasteiger partial charge in [-0.25, -0.2) is 18.7 Å². The number of rotatable bonds is 6. The molecule has 8 aromatic carbocycles. The second kappa shape index (κ2) is 13.3. The van der Waals surface area contributed by atoms with E-state index in [4.69, 9.17) is 0 Å². The monoisotopic (exact) mass is 747 g/mol. The highest BCUT2D eigenvalue weighted by atomic mass is 16.2. The smallest absolute Gasteiger partial charge is 0.309 e. The van der Waals surface area contributed by atoms with Crippen molar-refractivity contribution in [3.05, 3.63) is 221 Å². The number of benzene rings is 8. The summed E-state index contributed by atoms with van der Waals surface area (Å²) in [4.78, 5) is 32.5. The minimum atomic E-state index is -0.643. The van der Waals surface area contributed by atoms with E-state index >= 15 is 0 Å². The summed E-state index contributed by atoms with van der Waals surface area (Å²) < 4.78 is 7.21. The van der Waals surface area contributed by atoms with E-state index in [9.17, 15) is 9.59 Å². The minimum Gasteiger partial charge on any atom is -0.309 e. The van der Waals surface area contributed by atoms with E-state index in [0.717, 1.165) is 48.9 Å². The van der Waals surface area contributed by atoms with Crippen LogP contribution in [0.3, 0.4) is 0 Å². The van der Waals surface area contributed by atoms with Crippen molar-refractivity contribution in [3.8, 4) is 45.3 Å². The molecule has 3 aromatic heterocycles. The zero-order valence-electron chi connectivity index (χ0n) is 31.1. The van der Waals surface area contributed by atoms with Crippen LogP contribution in [0.2, 0.25) is 0 Å². The fourth-order valence-corrected chi connectivity index (χ4v) is 8.49. The Labute approximate surface area is 332 Å². The Morgan fingerprint density at radius 3 is 1.29 bits per heavy atom. The lowest BCUT2D eigenvalue weighted by molar-refractivity contribution is 0.755. The Hall–Kier alpha value is -8.03. The number of para-hydroxylation sites is 5. The molecule has 0 radical (unpaired) electrons. The van der Waals surface area contributed by atoms with Gasteiger partial charge in [-0.3, -0.25) is 0 Å². The first kappa shape index (κ1) is 33.3. The molecule has 0 fully saturated rings. The highest BCUT2D eigenvalue weighted by Gasteiger charge is 2.20. The maximum absolute atomic E-state index is 14.3. The molecular weight excluding hydrogens is 715 g/mol. The van der Waals surface area contributed by atoms with E-state index in [1.807, 2.05) is 60.7 Å². The molecule has 11 rings (SSSR count). The van der Waals surface area contributed by atoms with Gasteiger partial charge in [0.05, 0.1) is 33.4 Å². The highest BCUT2D eigenvalue weighted by Crippen LogP contribution is 2.38. The average molecular weight is 748 g/mol. The number of hydrogen-bond donors (Lipinski definition) is 0. The molecule has 0 aliphatic heterocycles. The van der Waals surface area contributed by atoms with Crippen LogP contribution in [0.4, 0.5) is 0 Å². The Kier molecular flexibility index (Phi) is 7.65. The lowest BCUT2D eigenvalue weighted by Crippen LogP contribution is -2.40. The largest absolute Gasteiger partial charge is 0.358 e. The summed E-state index contributed by atoms with van der Waals surface area (Å²) in [5.41, 5.74) is 9.27. The number of aromatic nitrogens is 5. The van der Waals surface area contributed by atoms with Crippen LogP contribution < -0.4 is 11.4 Å². The summed E-state index contributed by atoms with van der Waals surface area (Å²) in [6.07, 6.45) is 0. The minimum absolute atomic E-state index is 0.266. The summed E-state index contributed by atoms with van der Waals surface area (Å²) in [5, 5.41) is 4.66. The highest BCUT2D eigenvalue weighted by molar-refractivity contribution is 6.12. The standard InChI is InChI=1S/C51H33N5O2/c57-50-52-49(55(38-18-6-2-7-19-38)51(58)56(50)39-20-8-3-9-21-39)36-15-14-22-40(31-36)54-46-26-13-11-24-42(46)44-33-35(28-30-48(44)54)34-27-29-47-43(32-34)41-23-10-12-25-45(41)53(47)37-16-4-1-5-17-37/h1-33H. The van der Waals surface area contributed by atoms with Gasteiger partial charge >= 0.3 is 11.4 Å². The average Bonchev–Trinajstić information content (AvgIpc) is 3.79. The summed E-state index contributed by atoms with van der Waals surface area (Å²) in [6, 6.07) is 67.1. The predicted molar refractivity (Wildman–Crippen MR) is 235 cm³/mol. The quantitative estimate of drug-likeness (QED) is 0.170. The van der Waals surface area contributed by atoms with Gasteiger partial charge in [-0.15, -0.1) is 0 Å². The fraction of sp³-hybridized carbons (Fsp3) is 0. The first-order valence-corrected chi connectivity index (χ1v) is 19.2. The van der Waals surface area contributed by atoms with E-state index < -0.39 is 11.4 Å².